The number of para-hydroxylation sites is 1. The summed E-state index contributed by atoms with van der Waals surface area (Å²) < 4.78 is 5.58. The average molecular weight is 276 g/mol. The van der Waals surface area contributed by atoms with Crippen LogP contribution in [-0.2, 0) is 0 Å². The summed E-state index contributed by atoms with van der Waals surface area (Å²) in [7, 11) is 0. The first-order valence-electron chi connectivity index (χ1n) is 7.40. The number of benzene rings is 1. The van der Waals surface area contributed by atoms with Crippen molar-refractivity contribution in [2.45, 2.75) is 52.1 Å². The van der Waals surface area contributed by atoms with E-state index in [9.17, 15) is 4.79 Å². The summed E-state index contributed by atoms with van der Waals surface area (Å²) in [5.41, 5.74) is 7.05. The monoisotopic (exact) mass is 276 g/mol. The SMILES string of the molecule is CCOc1c(N)cccc1C(=O)N1[C@H](C)CCC[C@@H]1C. The number of carbonyl (C=O) groups is 1. The van der Waals surface area contributed by atoms with E-state index in [1.807, 2.05) is 17.9 Å². The molecule has 1 saturated heterocycles. The molecule has 1 aliphatic rings. The minimum absolute atomic E-state index is 0.0282. The average Bonchev–Trinajstić information content (AvgIpc) is 2.41. The summed E-state index contributed by atoms with van der Waals surface area (Å²) in [6, 6.07) is 5.91. The van der Waals surface area contributed by atoms with E-state index in [0.29, 0.717) is 23.6 Å². The molecular weight excluding hydrogens is 252 g/mol. The number of nitrogens with zero attached hydrogens (tertiary/aromatic N) is 1. The lowest BCUT2D eigenvalue weighted by Crippen LogP contribution is -2.47. The largest absolute Gasteiger partial charge is 0.491 e. The Kier molecular flexibility index (Phi) is 4.53. The molecule has 20 heavy (non-hydrogen) atoms. The molecule has 110 valence electrons. The van der Waals surface area contributed by atoms with Crippen LogP contribution in [0.25, 0.3) is 0 Å². The van der Waals surface area contributed by atoms with Crippen molar-refractivity contribution in [1.29, 1.82) is 0 Å². The molecule has 4 nitrogen and oxygen atoms in total. The van der Waals surface area contributed by atoms with Gasteiger partial charge in [-0.3, -0.25) is 4.79 Å². The predicted molar refractivity (Wildman–Crippen MR) is 81.0 cm³/mol. The van der Waals surface area contributed by atoms with E-state index >= 15 is 0 Å². The number of anilines is 1. The van der Waals surface area contributed by atoms with Gasteiger partial charge < -0.3 is 15.4 Å². The van der Waals surface area contributed by atoms with E-state index < -0.39 is 0 Å². The Hall–Kier alpha value is -1.71. The molecule has 0 aromatic heterocycles. The van der Waals surface area contributed by atoms with Gasteiger partial charge in [0.1, 0.15) is 0 Å². The molecule has 1 fully saturated rings. The van der Waals surface area contributed by atoms with Crippen molar-refractivity contribution in [2.24, 2.45) is 0 Å². The lowest BCUT2D eigenvalue weighted by molar-refractivity contribution is 0.0507. The summed E-state index contributed by atoms with van der Waals surface area (Å²) in [6.07, 6.45) is 3.30. The number of rotatable bonds is 3. The number of amides is 1. The second-order valence-corrected chi connectivity index (χ2v) is 5.50. The standard InChI is InChI=1S/C16H24N2O2/c1-4-20-15-13(9-6-10-14(15)17)16(19)18-11(2)7-5-8-12(18)3/h6,9-12H,4-5,7-8,17H2,1-3H3/t11-,12+. The van der Waals surface area contributed by atoms with E-state index in [-0.39, 0.29) is 18.0 Å². The number of nitrogen functional groups attached to an aromatic ring is 1. The molecule has 0 bridgehead atoms. The number of likely N-dealkylation sites (tertiary alicyclic amines) is 1. The molecule has 1 aromatic rings. The quantitative estimate of drug-likeness (QED) is 0.863. The maximum Gasteiger partial charge on any atom is 0.258 e. The molecule has 1 aromatic carbocycles. The van der Waals surface area contributed by atoms with Crippen LogP contribution in [0.4, 0.5) is 5.69 Å². The smallest absolute Gasteiger partial charge is 0.258 e. The van der Waals surface area contributed by atoms with Crippen LogP contribution < -0.4 is 10.5 Å². The molecule has 0 aliphatic carbocycles. The van der Waals surface area contributed by atoms with E-state index in [4.69, 9.17) is 10.5 Å². The van der Waals surface area contributed by atoms with Gasteiger partial charge in [0.2, 0.25) is 0 Å². The maximum absolute atomic E-state index is 12.9. The van der Waals surface area contributed by atoms with Crippen LogP contribution >= 0.6 is 0 Å². The number of hydrogen-bond acceptors (Lipinski definition) is 3. The number of ether oxygens (including phenoxy) is 1. The van der Waals surface area contributed by atoms with Gasteiger partial charge in [0, 0.05) is 12.1 Å². The van der Waals surface area contributed by atoms with Crippen molar-refractivity contribution < 1.29 is 9.53 Å². The minimum Gasteiger partial charge on any atom is -0.491 e. The minimum atomic E-state index is 0.0282. The van der Waals surface area contributed by atoms with Crippen molar-refractivity contribution in [2.75, 3.05) is 12.3 Å². The van der Waals surface area contributed by atoms with Crippen LogP contribution in [0.5, 0.6) is 5.75 Å². The number of hydrogen-bond donors (Lipinski definition) is 1. The number of carbonyl (C=O) groups excluding carboxylic acids is 1. The van der Waals surface area contributed by atoms with Gasteiger partial charge in [0.25, 0.3) is 5.91 Å². The second kappa shape index (κ2) is 6.16. The highest BCUT2D eigenvalue weighted by Gasteiger charge is 2.31. The molecule has 1 heterocycles. The van der Waals surface area contributed by atoms with Crippen LogP contribution in [0.1, 0.15) is 50.4 Å². The molecule has 0 radical (unpaired) electrons. The Morgan fingerprint density at radius 2 is 2.00 bits per heavy atom. The highest BCUT2D eigenvalue weighted by atomic mass is 16.5. The Morgan fingerprint density at radius 3 is 2.60 bits per heavy atom. The molecule has 2 N–H and O–H groups in total. The fourth-order valence-corrected chi connectivity index (χ4v) is 2.99. The lowest BCUT2D eigenvalue weighted by Gasteiger charge is -2.39. The zero-order chi connectivity index (χ0) is 14.7. The third-order valence-corrected chi connectivity index (χ3v) is 3.99. The zero-order valence-electron chi connectivity index (χ0n) is 12.6. The molecular formula is C16H24N2O2. The van der Waals surface area contributed by atoms with E-state index in [1.54, 1.807) is 12.1 Å². The maximum atomic E-state index is 12.9. The number of piperidine rings is 1. The lowest BCUT2D eigenvalue weighted by atomic mass is 9.96. The van der Waals surface area contributed by atoms with Gasteiger partial charge in [-0.05, 0) is 52.2 Å². The first kappa shape index (κ1) is 14.7. The second-order valence-electron chi connectivity index (χ2n) is 5.50. The first-order chi connectivity index (χ1) is 9.56. The molecule has 2 atom stereocenters. The molecule has 0 saturated carbocycles. The summed E-state index contributed by atoms with van der Waals surface area (Å²) in [6.45, 7) is 6.62. The van der Waals surface area contributed by atoms with Crippen molar-refractivity contribution >= 4 is 11.6 Å². The molecule has 1 amide bonds. The molecule has 0 spiro atoms. The van der Waals surface area contributed by atoms with Gasteiger partial charge in [0.15, 0.2) is 5.75 Å². The van der Waals surface area contributed by atoms with Crippen LogP contribution in [0.3, 0.4) is 0 Å². The molecule has 1 aliphatic heterocycles. The Bertz CT molecular complexity index is 477. The van der Waals surface area contributed by atoms with Crippen molar-refractivity contribution in [3.05, 3.63) is 23.8 Å². The van der Waals surface area contributed by atoms with Crippen LogP contribution in [0.2, 0.25) is 0 Å². The van der Waals surface area contributed by atoms with E-state index in [2.05, 4.69) is 13.8 Å². The third-order valence-electron chi connectivity index (χ3n) is 3.99. The van der Waals surface area contributed by atoms with Gasteiger partial charge >= 0.3 is 0 Å². The molecule has 2 rings (SSSR count). The summed E-state index contributed by atoms with van der Waals surface area (Å²) in [4.78, 5) is 14.8. The highest BCUT2D eigenvalue weighted by molar-refractivity contribution is 5.99. The highest BCUT2D eigenvalue weighted by Crippen LogP contribution is 2.31. The summed E-state index contributed by atoms with van der Waals surface area (Å²) in [5, 5.41) is 0. The topological polar surface area (TPSA) is 55.6 Å². The Balaban J connectivity index is 2.35. The predicted octanol–water partition coefficient (Wildman–Crippen LogP) is 3.07. The van der Waals surface area contributed by atoms with Crippen LogP contribution in [-0.4, -0.2) is 29.5 Å². The van der Waals surface area contributed by atoms with E-state index in [0.717, 1.165) is 12.8 Å². The van der Waals surface area contributed by atoms with Gasteiger partial charge in [0.05, 0.1) is 17.9 Å². The summed E-state index contributed by atoms with van der Waals surface area (Å²) in [5.74, 6) is 0.547. The van der Waals surface area contributed by atoms with Crippen molar-refractivity contribution in [3.63, 3.8) is 0 Å². The zero-order valence-corrected chi connectivity index (χ0v) is 12.6. The van der Waals surface area contributed by atoms with Crippen molar-refractivity contribution in [3.8, 4) is 5.75 Å². The fraction of sp³-hybridized carbons (Fsp3) is 0.562. The van der Waals surface area contributed by atoms with Crippen LogP contribution in [0, 0.1) is 0 Å². The van der Waals surface area contributed by atoms with E-state index in [1.165, 1.54) is 6.42 Å². The van der Waals surface area contributed by atoms with Gasteiger partial charge in [-0.25, -0.2) is 0 Å². The first-order valence-corrected chi connectivity index (χ1v) is 7.40. The number of nitrogens with two attached hydrogens (primary N) is 1. The van der Waals surface area contributed by atoms with Gasteiger partial charge in [-0.1, -0.05) is 6.07 Å². The Labute approximate surface area is 120 Å². The van der Waals surface area contributed by atoms with Crippen molar-refractivity contribution in [1.82, 2.24) is 4.90 Å². The van der Waals surface area contributed by atoms with Crippen LogP contribution in [0.15, 0.2) is 18.2 Å². The third kappa shape index (κ3) is 2.74. The molecule has 4 heteroatoms. The van der Waals surface area contributed by atoms with Gasteiger partial charge in [-0.2, -0.15) is 0 Å². The normalized spacial score (nSPS) is 22.6. The molecule has 0 unspecified atom stereocenters. The fourth-order valence-electron chi connectivity index (χ4n) is 2.99. The Morgan fingerprint density at radius 1 is 1.35 bits per heavy atom. The van der Waals surface area contributed by atoms with Gasteiger partial charge in [-0.15, -0.1) is 0 Å². The summed E-state index contributed by atoms with van der Waals surface area (Å²) >= 11 is 0.